The molecule has 76 valence electrons. The molecule has 0 unspecified atom stereocenters. The molecule has 0 radical (unpaired) electrons. The maximum absolute atomic E-state index is 11.1. The monoisotopic (exact) mass is 203 g/mol. The summed E-state index contributed by atoms with van der Waals surface area (Å²) in [4.78, 5) is 11.1. The summed E-state index contributed by atoms with van der Waals surface area (Å²) in [5, 5.41) is 0. The lowest BCUT2D eigenvalue weighted by molar-refractivity contribution is -0.145. The van der Waals surface area contributed by atoms with Crippen LogP contribution in [0.2, 0.25) is 0 Å². The zero-order valence-electron chi connectivity index (χ0n) is 7.74. The van der Waals surface area contributed by atoms with Crippen molar-refractivity contribution in [2.24, 2.45) is 11.7 Å². The van der Waals surface area contributed by atoms with E-state index in [1.807, 2.05) is 0 Å². The topological polar surface area (TPSA) is 52.3 Å². The zero-order chi connectivity index (χ0) is 9.68. The Labute approximate surface area is 84.4 Å². The summed E-state index contributed by atoms with van der Waals surface area (Å²) in [6.45, 7) is 0.542. The number of nitrogens with two attached hydrogens (primary N) is 1. The normalized spacial score (nSPS) is 20.2. The highest BCUT2D eigenvalue weighted by Gasteiger charge is 2.19. The van der Waals surface area contributed by atoms with E-state index < -0.39 is 6.04 Å². The highest BCUT2D eigenvalue weighted by Crippen LogP contribution is 2.24. The molecule has 0 amide bonds. The van der Waals surface area contributed by atoms with Crippen molar-refractivity contribution >= 4 is 18.6 Å². The number of ether oxygens (including phenoxy) is 1. The van der Waals surface area contributed by atoms with E-state index in [0.29, 0.717) is 18.3 Å². The second-order valence-electron chi connectivity index (χ2n) is 3.57. The fourth-order valence-corrected chi connectivity index (χ4v) is 1.71. The molecule has 0 bridgehead atoms. The van der Waals surface area contributed by atoms with E-state index in [2.05, 4.69) is 12.6 Å². The molecule has 0 aromatic rings. The molecule has 13 heavy (non-hydrogen) atoms. The Bertz CT molecular complexity index is 169. The smallest absolute Gasteiger partial charge is 0.323 e. The second kappa shape index (κ2) is 5.50. The van der Waals surface area contributed by atoms with Crippen molar-refractivity contribution in [3.63, 3.8) is 0 Å². The van der Waals surface area contributed by atoms with Gasteiger partial charge in [0.1, 0.15) is 6.04 Å². The van der Waals surface area contributed by atoms with E-state index in [9.17, 15) is 4.79 Å². The Kier molecular flexibility index (Phi) is 4.59. The number of esters is 1. The molecular formula is C9H17NO2S. The van der Waals surface area contributed by atoms with Gasteiger partial charge in [-0.1, -0.05) is 12.8 Å². The van der Waals surface area contributed by atoms with Crippen molar-refractivity contribution in [3.8, 4) is 0 Å². The van der Waals surface area contributed by atoms with Crippen LogP contribution in [0, 0.1) is 5.92 Å². The van der Waals surface area contributed by atoms with E-state index in [-0.39, 0.29) is 5.97 Å². The van der Waals surface area contributed by atoms with Crippen LogP contribution >= 0.6 is 12.6 Å². The standard InChI is InChI=1S/C9H17NO2S/c10-8(6-13)9(11)12-5-7-3-1-2-4-7/h7-8,13H,1-6,10H2/t8-/m0/s1. The Morgan fingerprint density at radius 2 is 2.15 bits per heavy atom. The molecule has 1 fully saturated rings. The predicted molar refractivity (Wildman–Crippen MR) is 54.7 cm³/mol. The van der Waals surface area contributed by atoms with E-state index in [0.717, 1.165) is 0 Å². The average Bonchev–Trinajstić information content (AvgIpc) is 2.65. The molecule has 1 saturated carbocycles. The quantitative estimate of drug-likeness (QED) is 0.529. The summed E-state index contributed by atoms with van der Waals surface area (Å²) in [5.41, 5.74) is 5.45. The molecule has 3 nitrogen and oxygen atoms in total. The van der Waals surface area contributed by atoms with Gasteiger partial charge in [-0.3, -0.25) is 4.79 Å². The number of hydrogen-bond donors (Lipinski definition) is 2. The Morgan fingerprint density at radius 1 is 1.54 bits per heavy atom. The number of hydrogen-bond acceptors (Lipinski definition) is 4. The van der Waals surface area contributed by atoms with Crippen LogP contribution in [-0.4, -0.2) is 24.4 Å². The van der Waals surface area contributed by atoms with Gasteiger partial charge < -0.3 is 10.5 Å². The molecule has 1 rings (SSSR count). The van der Waals surface area contributed by atoms with E-state index in [1.54, 1.807) is 0 Å². The van der Waals surface area contributed by atoms with Crippen molar-refractivity contribution in [2.75, 3.05) is 12.4 Å². The largest absolute Gasteiger partial charge is 0.464 e. The van der Waals surface area contributed by atoms with Gasteiger partial charge in [-0.15, -0.1) is 0 Å². The Morgan fingerprint density at radius 3 is 2.69 bits per heavy atom. The van der Waals surface area contributed by atoms with Crippen molar-refractivity contribution in [2.45, 2.75) is 31.7 Å². The third kappa shape index (κ3) is 3.56. The maximum Gasteiger partial charge on any atom is 0.323 e. The summed E-state index contributed by atoms with van der Waals surface area (Å²) >= 11 is 3.93. The fraction of sp³-hybridized carbons (Fsp3) is 0.889. The molecule has 1 atom stereocenters. The number of carbonyl (C=O) groups is 1. The van der Waals surface area contributed by atoms with E-state index >= 15 is 0 Å². The van der Waals surface area contributed by atoms with Crippen molar-refractivity contribution in [1.82, 2.24) is 0 Å². The number of thiol groups is 1. The summed E-state index contributed by atoms with van der Waals surface area (Å²) in [5.74, 6) is 0.599. The van der Waals surface area contributed by atoms with Gasteiger partial charge in [-0.05, 0) is 18.8 Å². The van der Waals surface area contributed by atoms with Gasteiger partial charge in [-0.2, -0.15) is 12.6 Å². The SMILES string of the molecule is N[C@@H](CS)C(=O)OCC1CCCC1. The predicted octanol–water partition coefficient (Wildman–Crippen LogP) is 0.977. The molecule has 2 N–H and O–H groups in total. The van der Waals surface area contributed by atoms with Crippen LogP contribution < -0.4 is 5.73 Å². The number of carbonyl (C=O) groups excluding carboxylic acids is 1. The van der Waals surface area contributed by atoms with Crippen LogP contribution in [0.25, 0.3) is 0 Å². The first kappa shape index (κ1) is 10.9. The van der Waals surface area contributed by atoms with E-state index in [4.69, 9.17) is 10.5 Å². The van der Waals surface area contributed by atoms with Gasteiger partial charge in [0.2, 0.25) is 0 Å². The summed E-state index contributed by atoms with van der Waals surface area (Å²) < 4.78 is 5.07. The number of rotatable bonds is 4. The molecule has 0 heterocycles. The third-order valence-corrected chi connectivity index (χ3v) is 2.83. The highest BCUT2D eigenvalue weighted by molar-refractivity contribution is 7.80. The van der Waals surface area contributed by atoms with Crippen LogP contribution in [0.3, 0.4) is 0 Å². The summed E-state index contributed by atoms with van der Waals surface area (Å²) in [6.07, 6.45) is 4.90. The van der Waals surface area contributed by atoms with Gasteiger partial charge in [-0.25, -0.2) is 0 Å². The highest BCUT2D eigenvalue weighted by atomic mass is 32.1. The lowest BCUT2D eigenvalue weighted by Gasteiger charge is -2.12. The Hall–Kier alpha value is -0.220. The van der Waals surface area contributed by atoms with Crippen molar-refractivity contribution < 1.29 is 9.53 Å². The first-order valence-corrected chi connectivity index (χ1v) is 5.40. The fourth-order valence-electron chi connectivity index (χ4n) is 1.56. The second-order valence-corrected chi connectivity index (χ2v) is 3.93. The van der Waals surface area contributed by atoms with Crippen LogP contribution in [0.1, 0.15) is 25.7 Å². The molecule has 0 aliphatic heterocycles. The molecule has 0 aromatic heterocycles. The van der Waals surface area contributed by atoms with Crippen LogP contribution in [0.15, 0.2) is 0 Å². The maximum atomic E-state index is 11.1. The molecule has 0 aromatic carbocycles. The van der Waals surface area contributed by atoms with Gasteiger partial charge in [0, 0.05) is 5.75 Å². The first-order chi connectivity index (χ1) is 6.24. The lowest BCUT2D eigenvalue weighted by atomic mass is 10.1. The summed E-state index contributed by atoms with van der Waals surface area (Å²) in [6, 6.07) is -0.565. The molecule has 1 aliphatic rings. The van der Waals surface area contributed by atoms with Crippen molar-refractivity contribution in [3.05, 3.63) is 0 Å². The molecule has 0 saturated heterocycles. The first-order valence-electron chi connectivity index (χ1n) is 4.77. The van der Waals surface area contributed by atoms with Crippen molar-refractivity contribution in [1.29, 1.82) is 0 Å². The minimum Gasteiger partial charge on any atom is -0.464 e. The van der Waals surface area contributed by atoms with Crippen LogP contribution in [0.5, 0.6) is 0 Å². The van der Waals surface area contributed by atoms with Gasteiger partial charge >= 0.3 is 5.97 Å². The summed E-state index contributed by atoms with van der Waals surface area (Å²) in [7, 11) is 0. The molecule has 1 aliphatic carbocycles. The van der Waals surface area contributed by atoms with Crippen LogP contribution in [-0.2, 0) is 9.53 Å². The molecular weight excluding hydrogens is 186 g/mol. The van der Waals surface area contributed by atoms with Gasteiger partial charge in [0.05, 0.1) is 6.61 Å². The molecule has 4 heteroatoms. The Balaban J connectivity index is 2.13. The van der Waals surface area contributed by atoms with Gasteiger partial charge in [0.25, 0.3) is 0 Å². The average molecular weight is 203 g/mol. The zero-order valence-corrected chi connectivity index (χ0v) is 8.63. The minimum atomic E-state index is -0.565. The van der Waals surface area contributed by atoms with Gasteiger partial charge in [0.15, 0.2) is 0 Å². The van der Waals surface area contributed by atoms with E-state index in [1.165, 1.54) is 25.7 Å². The minimum absolute atomic E-state index is 0.318. The lowest BCUT2D eigenvalue weighted by Crippen LogP contribution is -2.34. The van der Waals surface area contributed by atoms with Crippen LogP contribution in [0.4, 0.5) is 0 Å². The molecule has 0 spiro atoms. The third-order valence-electron chi connectivity index (χ3n) is 2.44.